The predicted octanol–water partition coefficient (Wildman–Crippen LogP) is 2.31. The van der Waals surface area contributed by atoms with E-state index in [-0.39, 0.29) is 11.8 Å². The molecule has 2 rings (SSSR count). The Morgan fingerprint density at radius 1 is 1.15 bits per heavy atom. The number of carbonyl (C=O) groups is 2. The van der Waals surface area contributed by atoms with Crippen LogP contribution in [0.2, 0.25) is 0 Å². The molecule has 1 saturated heterocycles. The molecular formula is C21H31N3O3. The molecule has 1 N–H and O–H groups in total. The van der Waals surface area contributed by atoms with E-state index in [0.29, 0.717) is 36.9 Å². The van der Waals surface area contributed by atoms with Crippen LogP contribution in [0.25, 0.3) is 0 Å². The number of rotatable bonds is 8. The van der Waals surface area contributed by atoms with Crippen LogP contribution in [0.4, 0.5) is 0 Å². The quantitative estimate of drug-likeness (QED) is 0.711. The Morgan fingerprint density at radius 3 is 2.33 bits per heavy atom. The molecule has 1 aromatic rings. The van der Waals surface area contributed by atoms with E-state index in [1.54, 1.807) is 24.3 Å². The molecule has 148 valence electrons. The van der Waals surface area contributed by atoms with Crippen LogP contribution in [-0.2, 0) is 4.79 Å². The first-order chi connectivity index (χ1) is 12.9. The number of piperazine rings is 1. The van der Waals surface area contributed by atoms with Gasteiger partial charge in [-0.25, -0.2) is 0 Å². The van der Waals surface area contributed by atoms with E-state index >= 15 is 0 Å². The fourth-order valence-electron chi connectivity index (χ4n) is 2.94. The van der Waals surface area contributed by atoms with Crippen molar-refractivity contribution >= 4 is 11.8 Å². The Balaban J connectivity index is 1.71. The average molecular weight is 373 g/mol. The summed E-state index contributed by atoms with van der Waals surface area (Å²) < 4.78 is 5.52. The summed E-state index contributed by atoms with van der Waals surface area (Å²) in [6.07, 6.45) is 0.327. The number of benzene rings is 1. The third-order valence-corrected chi connectivity index (χ3v) is 4.62. The summed E-state index contributed by atoms with van der Waals surface area (Å²) >= 11 is 0. The van der Waals surface area contributed by atoms with Gasteiger partial charge in [-0.2, -0.15) is 0 Å². The van der Waals surface area contributed by atoms with E-state index in [2.05, 4.69) is 30.6 Å². The molecule has 0 radical (unpaired) electrons. The van der Waals surface area contributed by atoms with Gasteiger partial charge in [-0.15, -0.1) is 0 Å². The second-order valence-electron chi connectivity index (χ2n) is 7.29. The minimum Gasteiger partial charge on any atom is -0.489 e. The van der Waals surface area contributed by atoms with Crippen LogP contribution >= 0.6 is 0 Å². The van der Waals surface area contributed by atoms with E-state index in [4.69, 9.17) is 4.74 Å². The third kappa shape index (κ3) is 6.71. The molecule has 1 heterocycles. The van der Waals surface area contributed by atoms with Crippen molar-refractivity contribution in [2.24, 2.45) is 0 Å². The highest BCUT2D eigenvalue weighted by molar-refractivity contribution is 5.94. The van der Waals surface area contributed by atoms with Crippen molar-refractivity contribution in [3.63, 3.8) is 0 Å². The highest BCUT2D eigenvalue weighted by atomic mass is 16.5. The Bertz CT molecular complexity index is 647. The Labute approximate surface area is 162 Å². The van der Waals surface area contributed by atoms with Crippen molar-refractivity contribution < 1.29 is 14.3 Å². The molecule has 1 aromatic carbocycles. The molecule has 0 saturated carbocycles. The molecule has 6 nitrogen and oxygen atoms in total. The van der Waals surface area contributed by atoms with Crippen LogP contribution in [0, 0.1) is 0 Å². The number of hydrogen-bond donors (Lipinski definition) is 1. The molecule has 2 amide bonds. The second kappa shape index (κ2) is 10.1. The minimum atomic E-state index is -0.182. The maximum Gasteiger partial charge on any atom is 0.251 e. The smallest absolute Gasteiger partial charge is 0.251 e. The van der Waals surface area contributed by atoms with Gasteiger partial charge in [0.15, 0.2) is 0 Å². The monoisotopic (exact) mass is 373 g/mol. The fraction of sp³-hybridized carbons (Fsp3) is 0.524. The van der Waals surface area contributed by atoms with Crippen molar-refractivity contribution in [2.45, 2.75) is 33.2 Å². The standard InChI is InChI=1S/C21H31N3O3/c1-16(2)15-27-19-7-5-18(6-8-19)21(26)22-10-9-20(25)24-13-11-23(12-14-24)17(3)4/h5-8,17H,1,9-15H2,2-4H3,(H,22,26). The van der Waals surface area contributed by atoms with Crippen LogP contribution in [0.3, 0.4) is 0 Å². The molecule has 6 heteroatoms. The number of nitrogens with zero attached hydrogens (tertiary/aromatic N) is 2. The molecule has 0 atom stereocenters. The molecule has 0 aliphatic carbocycles. The molecule has 1 aliphatic heterocycles. The van der Waals surface area contributed by atoms with E-state index in [1.807, 2.05) is 11.8 Å². The largest absolute Gasteiger partial charge is 0.489 e. The Kier molecular flexibility index (Phi) is 7.85. The summed E-state index contributed by atoms with van der Waals surface area (Å²) in [6.45, 7) is 14.2. The lowest BCUT2D eigenvalue weighted by atomic mass is 10.2. The van der Waals surface area contributed by atoms with Gasteiger partial charge in [-0.05, 0) is 50.6 Å². The number of amides is 2. The lowest BCUT2D eigenvalue weighted by Gasteiger charge is -2.37. The predicted molar refractivity (Wildman–Crippen MR) is 107 cm³/mol. The first-order valence-corrected chi connectivity index (χ1v) is 9.54. The first-order valence-electron chi connectivity index (χ1n) is 9.54. The van der Waals surface area contributed by atoms with Crippen LogP contribution in [-0.4, -0.2) is 67.0 Å². The summed E-state index contributed by atoms with van der Waals surface area (Å²) in [4.78, 5) is 28.8. The fourth-order valence-corrected chi connectivity index (χ4v) is 2.94. The van der Waals surface area contributed by atoms with Crippen molar-refractivity contribution in [2.75, 3.05) is 39.3 Å². The zero-order valence-electron chi connectivity index (χ0n) is 16.7. The Morgan fingerprint density at radius 2 is 1.78 bits per heavy atom. The van der Waals surface area contributed by atoms with E-state index < -0.39 is 0 Å². The van der Waals surface area contributed by atoms with E-state index in [0.717, 1.165) is 31.8 Å². The van der Waals surface area contributed by atoms with Crippen LogP contribution in [0.5, 0.6) is 5.75 Å². The van der Waals surface area contributed by atoms with Gasteiger partial charge in [0.25, 0.3) is 5.91 Å². The van der Waals surface area contributed by atoms with E-state index in [9.17, 15) is 9.59 Å². The highest BCUT2D eigenvalue weighted by Gasteiger charge is 2.22. The van der Waals surface area contributed by atoms with E-state index in [1.165, 1.54) is 0 Å². The molecule has 0 unspecified atom stereocenters. The Hall–Kier alpha value is -2.34. The molecule has 0 spiro atoms. The zero-order chi connectivity index (χ0) is 19.8. The summed E-state index contributed by atoms with van der Waals surface area (Å²) in [5.41, 5.74) is 1.49. The van der Waals surface area contributed by atoms with Gasteiger partial charge >= 0.3 is 0 Å². The molecule has 1 fully saturated rings. The summed E-state index contributed by atoms with van der Waals surface area (Å²) in [5.74, 6) is 0.617. The van der Waals surface area contributed by atoms with Crippen LogP contribution in [0.15, 0.2) is 36.4 Å². The highest BCUT2D eigenvalue weighted by Crippen LogP contribution is 2.13. The van der Waals surface area contributed by atoms with Gasteiger partial charge in [-0.1, -0.05) is 6.58 Å². The lowest BCUT2D eigenvalue weighted by molar-refractivity contribution is -0.133. The normalized spacial score (nSPS) is 14.9. The van der Waals surface area contributed by atoms with Crippen molar-refractivity contribution in [3.8, 4) is 5.75 Å². The molecule has 1 aliphatic rings. The zero-order valence-corrected chi connectivity index (χ0v) is 16.7. The maximum atomic E-state index is 12.3. The number of ether oxygens (including phenoxy) is 1. The number of carbonyl (C=O) groups excluding carboxylic acids is 2. The van der Waals surface area contributed by atoms with Gasteiger partial charge < -0.3 is 15.0 Å². The SMILES string of the molecule is C=C(C)COc1ccc(C(=O)NCCC(=O)N2CCN(C(C)C)CC2)cc1. The third-order valence-electron chi connectivity index (χ3n) is 4.62. The van der Waals surface area contributed by atoms with Gasteiger partial charge in [0.2, 0.25) is 5.91 Å². The van der Waals surface area contributed by atoms with Gasteiger partial charge in [0, 0.05) is 50.7 Å². The van der Waals surface area contributed by atoms with Crippen molar-refractivity contribution in [3.05, 3.63) is 42.0 Å². The summed E-state index contributed by atoms with van der Waals surface area (Å²) in [7, 11) is 0. The van der Waals surface area contributed by atoms with Crippen molar-refractivity contribution in [1.29, 1.82) is 0 Å². The summed E-state index contributed by atoms with van der Waals surface area (Å²) in [6, 6.07) is 7.47. The number of nitrogens with one attached hydrogen (secondary N) is 1. The molecule has 27 heavy (non-hydrogen) atoms. The lowest BCUT2D eigenvalue weighted by Crippen LogP contribution is -2.51. The number of hydrogen-bond acceptors (Lipinski definition) is 4. The van der Waals surface area contributed by atoms with Gasteiger partial charge in [-0.3, -0.25) is 14.5 Å². The molecule has 0 bridgehead atoms. The second-order valence-corrected chi connectivity index (χ2v) is 7.29. The minimum absolute atomic E-state index is 0.0993. The average Bonchev–Trinajstić information content (AvgIpc) is 2.66. The van der Waals surface area contributed by atoms with Gasteiger partial charge in [0.05, 0.1) is 0 Å². The van der Waals surface area contributed by atoms with Crippen LogP contribution < -0.4 is 10.1 Å². The first kappa shape index (κ1) is 21.0. The molecular weight excluding hydrogens is 342 g/mol. The topological polar surface area (TPSA) is 61.9 Å². The molecule has 0 aromatic heterocycles. The van der Waals surface area contributed by atoms with Crippen LogP contribution in [0.1, 0.15) is 37.6 Å². The maximum absolute atomic E-state index is 12.3. The van der Waals surface area contributed by atoms with Gasteiger partial charge in [0.1, 0.15) is 12.4 Å². The summed E-state index contributed by atoms with van der Waals surface area (Å²) in [5, 5.41) is 2.81. The van der Waals surface area contributed by atoms with Crippen molar-refractivity contribution in [1.82, 2.24) is 15.1 Å².